The molecule has 0 radical (unpaired) electrons. The summed E-state index contributed by atoms with van der Waals surface area (Å²) in [6, 6.07) is 14.4. The van der Waals surface area contributed by atoms with Gasteiger partial charge in [0.15, 0.2) is 6.61 Å². The summed E-state index contributed by atoms with van der Waals surface area (Å²) in [5.41, 5.74) is 4.52. The third-order valence-corrected chi connectivity index (χ3v) is 4.52. The van der Waals surface area contributed by atoms with Crippen molar-refractivity contribution >= 4 is 29.6 Å². The summed E-state index contributed by atoms with van der Waals surface area (Å²) in [5, 5.41) is 9.21. The Morgan fingerprint density at radius 1 is 1.03 bits per heavy atom. The summed E-state index contributed by atoms with van der Waals surface area (Å²) in [6.07, 6.45) is 2.87. The highest BCUT2D eigenvalue weighted by Gasteiger charge is 2.14. The minimum absolute atomic E-state index is 0.105. The Labute approximate surface area is 182 Å². The van der Waals surface area contributed by atoms with Crippen LogP contribution in [0.3, 0.4) is 0 Å². The fourth-order valence-electron chi connectivity index (χ4n) is 2.60. The number of carbonyl (C=O) groups is 3. The molecule has 3 N–H and O–H groups in total. The highest BCUT2D eigenvalue weighted by Crippen LogP contribution is 2.17. The predicted molar refractivity (Wildman–Crippen MR) is 120 cm³/mol. The molecule has 0 aliphatic rings. The van der Waals surface area contributed by atoms with E-state index in [0.717, 1.165) is 17.7 Å². The normalized spacial score (nSPS) is 11.6. The fraction of sp³-hybridized carbons (Fsp3) is 0.304. The second kappa shape index (κ2) is 12.1. The van der Waals surface area contributed by atoms with Gasteiger partial charge in [-0.15, -0.1) is 0 Å². The van der Waals surface area contributed by atoms with Gasteiger partial charge in [-0.25, -0.2) is 5.43 Å². The molecule has 0 fully saturated rings. The summed E-state index contributed by atoms with van der Waals surface area (Å²) >= 11 is 0. The van der Waals surface area contributed by atoms with Gasteiger partial charge in [-0.2, -0.15) is 5.10 Å². The second-order valence-electron chi connectivity index (χ2n) is 6.87. The molecule has 2 aromatic carbocycles. The number of hydrogen-bond acceptors (Lipinski definition) is 5. The van der Waals surface area contributed by atoms with E-state index >= 15 is 0 Å². The summed E-state index contributed by atoms with van der Waals surface area (Å²) in [7, 11) is 0. The summed E-state index contributed by atoms with van der Waals surface area (Å²) in [6.45, 7) is 5.54. The molecule has 2 rings (SSSR count). The number of hydrogen-bond donors (Lipinski definition) is 3. The number of ether oxygens (including phenoxy) is 1. The Kier molecular flexibility index (Phi) is 9.22. The minimum Gasteiger partial charge on any atom is -0.483 e. The average molecular weight is 425 g/mol. The van der Waals surface area contributed by atoms with Crippen molar-refractivity contribution in [3.8, 4) is 5.75 Å². The van der Waals surface area contributed by atoms with E-state index in [9.17, 15) is 14.4 Å². The van der Waals surface area contributed by atoms with Crippen molar-refractivity contribution in [3.05, 3.63) is 59.7 Å². The number of nitrogens with one attached hydrogen (secondary N) is 3. The van der Waals surface area contributed by atoms with Crippen LogP contribution in [0.15, 0.2) is 53.6 Å². The molecular weight excluding hydrogens is 396 g/mol. The van der Waals surface area contributed by atoms with Crippen LogP contribution in [0.25, 0.3) is 0 Å². The van der Waals surface area contributed by atoms with Crippen LogP contribution in [0.4, 0.5) is 5.69 Å². The number of anilines is 1. The SMILES string of the molecule is CCc1ccccc1NC(=O)COc1ccccc1/C=N\NC(=O)C(=O)N[C@@H](C)CC. The maximum Gasteiger partial charge on any atom is 0.329 e. The monoisotopic (exact) mass is 424 g/mol. The molecule has 0 saturated carbocycles. The third kappa shape index (κ3) is 7.58. The Hall–Kier alpha value is -3.68. The van der Waals surface area contributed by atoms with Gasteiger partial charge >= 0.3 is 11.8 Å². The van der Waals surface area contributed by atoms with Crippen molar-refractivity contribution in [2.24, 2.45) is 5.10 Å². The predicted octanol–water partition coefficient (Wildman–Crippen LogP) is 2.63. The van der Waals surface area contributed by atoms with E-state index in [4.69, 9.17) is 4.74 Å². The zero-order valence-corrected chi connectivity index (χ0v) is 18.0. The van der Waals surface area contributed by atoms with Crippen LogP contribution in [0.2, 0.25) is 0 Å². The Morgan fingerprint density at radius 3 is 2.48 bits per heavy atom. The van der Waals surface area contributed by atoms with Gasteiger partial charge < -0.3 is 15.4 Å². The molecule has 164 valence electrons. The third-order valence-electron chi connectivity index (χ3n) is 4.52. The van der Waals surface area contributed by atoms with E-state index in [1.807, 2.05) is 38.1 Å². The van der Waals surface area contributed by atoms with Crippen LogP contribution < -0.4 is 20.8 Å². The maximum absolute atomic E-state index is 12.3. The quantitative estimate of drug-likeness (QED) is 0.327. The topological polar surface area (TPSA) is 109 Å². The lowest BCUT2D eigenvalue weighted by molar-refractivity contribution is -0.139. The Balaban J connectivity index is 1.93. The minimum atomic E-state index is -0.857. The number of amides is 3. The summed E-state index contributed by atoms with van der Waals surface area (Å²) < 4.78 is 5.62. The van der Waals surface area contributed by atoms with Crippen molar-refractivity contribution < 1.29 is 19.1 Å². The number of nitrogens with zero attached hydrogens (tertiary/aromatic N) is 1. The van der Waals surface area contributed by atoms with E-state index in [0.29, 0.717) is 17.7 Å². The first-order valence-corrected chi connectivity index (χ1v) is 10.2. The molecule has 8 nitrogen and oxygen atoms in total. The first-order chi connectivity index (χ1) is 14.9. The molecule has 2 aromatic rings. The molecule has 1 atom stereocenters. The first-order valence-electron chi connectivity index (χ1n) is 10.2. The lowest BCUT2D eigenvalue weighted by atomic mass is 10.1. The van der Waals surface area contributed by atoms with Crippen molar-refractivity contribution in [2.45, 2.75) is 39.7 Å². The van der Waals surface area contributed by atoms with Crippen molar-refractivity contribution in [2.75, 3.05) is 11.9 Å². The van der Waals surface area contributed by atoms with Crippen LogP contribution in [0.1, 0.15) is 38.3 Å². The largest absolute Gasteiger partial charge is 0.483 e. The lowest BCUT2D eigenvalue weighted by Crippen LogP contribution is -2.41. The number of benzene rings is 2. The van der Waals surface area contributed by atoms with Crippen LogP contribution >= 0.6 is 0 Å². The molecule has 0 aliphatic heterocycles. The van der Waals surface area contributed by atoms with Crippen molar-refractivity contribution in [1.29, 1.82) is 0 Å². The standard InChI is InChI=1S/C23H28N4O4/c1-4-16(3)25-22(29)23(30)27-24-14-18-11-7-9-13-20(18)31-15-21(28)26-19-12-8-6-10-17(19)5-2/h6-14,16H,4-5,15H2,1-3H3,(H,25,29)(H,26,28)(H,27,30)/b24-14-/t16-/m0/s1. The van der Waals surface area contributed by atoms with E-state index in [-0.39, 0.29) is 18.6 Å². The van der Waals surface area contributed by atoms with E-state index in [2.05, 4.69) is 21.2 Å². The van der Waals surface area contributed by atoms with Gasteiger partial charge in [0, 0.05) is 17.3 Å². The zero-order chi connectivity index (χ0) is 22.6. The Bertz CT molecular complexity index is 943. The maximum atomic E-state index is 12.3. The van der Waals surface area contributed by atoms with Crippen LogP contribution in [-0.2, 0) is 20.8 Å². The highest BCUT2D eigenvalue weighted by atomic mass is 16.5. The molecule has 0 spiro atoms. The molecule has 31 heavy (non-hydrogen) atoms. The molecular formula is C23H28N4O4. The van der Waals surface area contributed by atoms with Crippen molar-refractivity contribution in [1.82, 2.24) is 10.7 Å². The molecule has 3 amide bonds. The van der Waals surface area contributed by atoms with E-state index in [1.54, 1.807) is 31.2 Å². The lowest BCUT2D eigenvalue weighted by Gasteiger charge is -2.12. The molecule has 0 aliphatic carbocycles. The van der Waals surface area contributed by atoms with Gasteiger partial charge in [-0.1, -0.05) is 44.2 Å². The van der Waals surface area contributed by atoms with Crippen LogP contribution in [0.5, 0.6) is 5.75 Å². The number of aryl methyl sites for hydroxylation is 1. The smallest absolute Gasteiger partial charge is 0.329 e. The molecule has 0 heterocycles. The van der Waals surface area contributed by atoms with E-state index < -0.39 is 11.8 Å². The molecule has 0 aromatic heterocycles. The first kappa shape index (κ1) is 23.6. The van der Waals surface area contributed by atoms with Crippen LogP contribution in [-0.4, -0.2) is 36.6 Å². The number of hydrazone groups is 1. The van der Waals surface area contributed by atoms with Gasteiger partial charge in [-0.05, 0) is 43.5 Å². The van der Waals surface area contributed by atoms with Gasteiger partial charge in [0.2, 0.25) is 0 Å². The Morgan fingerprint density at radius 2 is 1.74 bits per heavy atom. The molecule has 0 bridgehead atoms. The van der Waals surface area contributed by atoms with E-state index in [1.165, 1.54) is 6.21 Å². The van der Waals surface area contributed by atoms with Gasteiger partial charge in [0.1, 0.15) is 5.75 Å². The number of para-hydroxylation sites is 2. The van der Waals surface area contributed by atoms with Gasteiger partial charge in [-0.3, -0.25) is 14.4 Å². The highest BCUT2D eigenvalue weighted by molar-refractivity contribution is 6.35. The molecule has 0 unspecified atom stereocenters. The number of rotatable bonds is 9. The summed E-state index contributed by atoms with van der Waals surface area (Å²) in [5.74, 6) is -1.48. The van der Waals surface area contributed by atoms with Crippen LogP contribution in [0, 0.1) is 0 Å². The molecule has 8 heteroatoms. The number of carbonyl (C=O) groups excluding carboxylic acids is 3. The summed E-state index contributed by atoms with van der Waals surface area (Å²) in [4.78, 5) is 35.8. The van der Waals surface area contributed by atoms with Gasteiger partial charge in [0.25, 0.3) is 5.91 Å². The van der Waals surface area contributed by atoms with Gasteiger partial charge in [0.05, 0.1) is 6.21 Å². The average Bonchev–Trinajstić information content (AvgIpc) is 2.78. The van der Waals surface area contributed by atoms with Crippen molar-refractivity contribution in [3.63, 3.8) is 0 Å². The second-order valence-corrected chi connectivity index (χ2v) is 6.87. The zero-order valence-electron chi connectivity index (χ0n) is 18.0. The fourth-order valence-corrected chi connectivity index (χ4v) is 2.60. The molecule has 0 saturated heterocycles.